The summed E-state index contributed by atoms with van der Waals surface area (Å²) in [7, 11) is 0. The third-order valence-corrected chi connectivity index (χ3v) is 3.61. The van der Waals surface area contributed by atoms with Gasteiger partial charge in [0, 0.05) is 6.54 Å². The Labute approximate surface area is 132 Å². The summed E-state index contributed by atoms with van der Waals surface area (Å²) in [5.74, 6) is 0. The van der Waals surface area contributed by atoms with Gasteiger partial charge in [-0.3, -0.25) is 0 Å². The van der Waals surface area contributed by atoms with Crippen LogP contribution >= 0.6 is 0 Å². The second kappa shape index (κ2) is 8.14. The Balaban J connectivity index is 2.12. The molecule has 0 unspecified atom stereocenters. The zero-order valence-electron chi connectivity index (χ0n) is 13.3. The van der Waals surface area contributed by atoms with Crippen LogP contribution in [0.4, 0.5) is 0 Å². The molecule has 0 amide bonds. The van der Waals surface area contributed by atoms with Crippen LogP contribution in [0.1, 0.15) is 55.1 Å². The number of aryl methyl sites for hydroxylation is 2. The largest absolute Gasteiger partial charge is 0.244 e. The molecular weight excluding hydrogens is 272 g/mol. The maximum Gasteiger partial charge on any atom is 0.190 e. The van der Waals surface area contributed by atoms with Crippen molar-refractivity contribution >= 4 is 12.2 Å². The second-order valence-corrected chi connectivity index (χ2v) is 5.46. The highest BCUT2D eigenvalue weighted by Gasteiger charge is 2.09. The monoisotopic (exact) mass is 294 g/mol. The highest BCUT2D eigenvalue weighted by atomic mass is 15.4. The fourth-order valence-electron chi connectivity index (χ4n) is 2.27. The summed E-state index contributed by atoms with van der Waals surface area (Å²) in [5.41, 5.74) is 3.52. The third-order valence-electron chi connectivity index (χ3n) is 3.61. The Hall–Kier alpha value is -2.41. The number of benzene rings is 1. The molecule has 0 bridgehead atoms. The SMILES string of the molecule is CCCCCCn1nnc(C#N)c1/C=C/c1ccc(C)cc1. The first-order valence-electron chi connectivity index (χ1n) is 7.83. The molecule has 0 radical (unpaired) electrons. The van der Waals surface area contributed by atoms with E-state index < -0.39 is 0 Å². The topological polar surface area (TPSA) is 54.5 Å². The quantitative estimate of drug-likeness (QED) is 0.719. The standard InChI is InChI=1S/C18H22N4/c1-3-4-5-6-13-22-18(17(14-19)20-21-22)12-11-16-9-7-15(2)8-10-16/h7-12H,3-6,13H2,1-2H3/b12-11+. The van der Waals surface area contributed by atoms with Crippen LogP contribution in [0.25, 0.3) is 12.2 Å². The van der Waals surface area contributed by atoms with E-state index in [9.17, 15) is 5.26 Å². The first kappa shape index (κ1) is 16.0. The molecule has 0 saturated heterocycles. The molecule has 2 aromatic rings. The summed E-state index contributed by atoms with van der Waals surface area (Å²) in [6, 6.07) is 10.4. The van der Waals surface area contributed by atoms with Crippen molar-refractivity contribution in [1.82, 2.24) is 15.0 Å². The van der Waals surface area contributed by atoms with Gasteiger partial charge in [-0.2, -0.15) is 5.26 Å². The van der Waals surface area contributed by atoms with Crippen LogP contribution in [0.2, 0.25) is 0 Å². The van der Waals surface area contributed by atoms with E-state index in [0.717, 1.165) is 24.2 Å². The van der Waals surface area contributed by atoms with Crippen LogP contribution in [-0.4, -0.2) is 15.0 Å². The lowest BCUT2D eigenvalue weighted by Gasteiger charge is -2.03. The molecule has 0 N–H and O–H groups in total. The Morgan fingerprint density at radius 2 is 1.91 bits per heavy atom. The molecule has 0 aliphatic carbocycles. The highest BCUT2D eigenvalue weighted by molar-refractivity contribution is 5.70. The normalized spacial score (nSPS) is 11.0. The van der Waals surface area contributed by atoms with Crippen molar-refractivity contribution in [3.05, 3.63) is 46.8 Å². The molecule has 0 aliphatic heterocycles. The Kier molecular flexibility index (Phi) is 5.91. The van der Waals surface area contributed by atoms with Crippen molar-refractivity contribution < 1.29 is 0 Å². The van der Waals surface area contributed by atoms with E-state index >= 15 is 0 Å². The van der Waals surface area contributed by atoms with Gasteiger partial charge in [-0.25, -0.2) is 4.68 Å². The van der Waals surface area contributed by atoms with Gasteiger partial charge in [0.2, 0.25) is 0 Å². The van der Waals surface area contributed by atoms with Crippen LogP contribution in [0.3, 0.4) is 0 Å². The summed E-state index contributed by atoms with van der Waals surface area (Å²) in [6.07, 6.45) is 8.62. The van der Waals surface area contributed by atoms with Crippen molar-refractivity contribution in [3.63, 3.8) is 0 Å². The molecule has 0 saturated carbocycles. The molecule has 4 nitrogen and oxygen atoms in total. The molecule has 22 heavy (non-hydrogen) atoms. The van der Waals surface area contributed by atoms with Gasteiger partial charge in [0.25, 0.3) is 0 Å². The summed E-state index contributed by atoms with van der Waals surface area (Å²) in [4.78, 5) is 0. The molecule has 114 valence electrons. The molecule has 1 aromatic heterocycles. The molecule has 0 aliphatic rings. The average molecular weight is 294 g/mol. The van der Waals surface area contributed by atoms with Gasteiger partial charge in [0.05, 0.1) is 5.69 Å². The van der Waals surface area contributed by atoms with E-state index in [-0.39, 0.29) is 0 Å². The number of nitrogens with zero attached hydrogens (tertiary/aromatic N) is 4. The lowest BCUT2D eigenvalue weighted by Crippen LogP contribution is -2.03. The van der Waals surface area contributed by atoms with Gasteiger partial charge in [-0.1, -0.05) is 67.3 Å². The zero-order valence-corrected chi connectivity index (χ0v) is 13.3. The molecule has 0 fully saturated rings. The average Bonchev–Trinajstić information content (AvgIpc) is 2.93. The van der Waals surface area contributed by atoms with Gasteiger partial charge in [-0.15, -0.1) is 5.10 Å². The van der Waals surface area contributed by atoms with Crippen molar-refractivity contribution in [2.75, 3.05) is 0 Å². The summed E-state index contributed by atoms with van der Waals surface area (Å²) < 4.78 is 1.83. The molecule has 0 spiro atoms. The van der Waals surface area contributed by atoms with E-state index in [1.807, 2.05) is 16.8 Å². The fraction of sp³-hybridized carbons (Fsp3) is 0.389. The predicted octanol–water partition coefficient (Wildman–Crippen LogP) is 4.21. The summed E-state index contributed by atoms with van der Waals surface area (Å²) in [5, 5.41) is 17.2. The van der Waals surface area contributed by atoms with E-state index in [4.69, 9.17) is 0 Å². The van der Waals surface area contributed by atoms with Crippen molar-refractivity contribution in [1.29, 1.82) is 5.26 Å². The van der Waals surface area contributed by atoms with E-state index in [2.05, 4.69) is 54.5 Å². The van der Waals surface area contributed by atoms with Crippen LogP contribution in [0.5, 0.6) is 0 Å². The van der Waals surface area contributed by atoms with Crippen molar-refractivity contribution in [3.8, 4) is 6.07 Å². The van der Waals surface area contributed by atoms with Crippen molar-refractivity contribution in [2.45, 2.75) is 46.1 Å². The second-order valence-electron chi connectivity index (χ2n) is 5.46. The van der Waals surface area contributed by atoms with Crippen LogP contribution in [0.15, 0.2) is 24.3 Å². The fourth-order valence-corrected chi connectivity index (χ4v) is 2.27. The molecule has 0 atom stereocenters. The smallest absolute Gasteiger partial charge is 0.190 e. The van der Waals surface area contributed by atoms with E-state index in [0.29, 0.717) is 5.69 Å². The number of nitriles is 1. The number of unbranched alkanes of at least 4 members (excludes halogenated alkanes) is 3. The van der Waals surface area contributed by atoms with Crippen LogP contribution in [0, 0.1) is 18.3 Å². The van der Waals surface area contributed by atoms with Gasteiger partial charge < -0.3 is 0 Å². The summed E-state index contributed by atoms with van der Waals surface area (Å²) in [6.45, 7) is 5.07. The van der Waals surface area contributed by atoms with Gasteiger partial charge in [0.1, 0.15) is 6.07 Å². The van der Waals surface area contributed by atoms with Crippen LogP contribution in [-0.2, 0) is 6.54 Å². The lowest BCUT2D eigenvalue weighted by molar-refractivity contribution is 0.525. The van der Waals surface area contributed by atoms with E-state index in [1.165, 1.54) is 24.8 Å². The first-order valence-corrected chi connectivity index (χ1v) is 7.83. The van der Waals surface area contributed by atoms with E-state index in [1.54, 1.807) is 0 Å². The predicted molar refractivity (Wildman–Crippen MR) is 89.0 cm³/mol. The van der Waals surface area contributed by atoms with Gasteiger partial charge >= 0.3 is 0 Å². The number of aromatic nitrogens is 3. The minimum Gasteiger partial charge on any atom is -0.244 e. The zero-order chi connectivity index (χ0) is 15.8. The van der Waals surface area contributed by atoms with Gasteiger partial charge in [0.15, 0.2) is 5.69 Å². The summed E-state index contributed by atoms with van der Waals surface area (Å²) >= 11 is 0. The van der Waals surface area contributed by atoms with Gasteiger partial charge in [-0.05, 0) is 25.0 Å². The minimum absolute atomic E-state index is 0.388. The third kappa shape index (κ3) is 4.29. The molecule has 1 heterocycles. The first-order chi connectivity index (χ1) is 10.7. The molecule has 4 heteroatoms. The lowest BCUT2D eigenvalue weighted by atomic mass is 10.1. The number of rotatable bonds is 7. The maximum absolute atomic E-state index is 9.18. The highest BCUT2D eigenvalue weighted by Crippen LogP contribution is 2.13. The Bertz CT molecular complexity index is 659. The number of hydrogen-bond acceptors (Lipinski definition) is 3. The van der Waals surface area contributed by atoms with Crippen molar-refractivity contribution in [2.24, 2.45) is 0 Å². The van der Waals surface area contributed by atoms with Crippen LogP contribution < -0.4 is 0 Å². The molecule has 1 aromatic carbocycles. The molecule has 2 rings (SSSR count). The maximum atomic E-state index is 9.18. The Morgan fingerprint density at radius 3 is 2.59 bits per heavy atom. The number of hydrogen-bond donors (Lipinski definition) is 0. The molecular formula is C18H22N4. The Morgan fingerprint density at radius 1 is 1.14 bits per heavy atom. The minimum atomic E-state index is 0.388.